The molecule has 1 aliphatic carbocycles. The molecule has 2 heterocycles. The fourth-order valence-electron chi connectivity index (χ4n) is 4.65. The lowest BCUT2D eigenvalue weighted by atomic mass is 9.63. The average molecular weight is 401 g/mol. The quantitative estimate of drug-likeness (QED) is 0.702. The van der Waals surface area contributed by atoms with E-state index in [1.54, 1.807) is 11.9 Å². The summed E-state index contributed by atoms with van der Waals surface area (Å²) >= 11 is 0. The Morgan fingerprint density at radius 3 is 2.37 bits per heavy atom. The summed E-state index contributed by atoms with van der Waals surface area (Å²) in [5.41, 5.74) is 9.46. The predicted molar refractivity (Wildman–Crippen MR) is 114 cm³/mol. The van der Waals surface area contributed by atoms with Crippen molar-refractivity contribution in [1.82, 2.24) is 20.2 Å². The molecule has 1 aliphatic heterocycles. The molecule has 2 aromatic carbocycles. The molecule has 152 valence electrons. The van der Waals surface area contributed by atoms with Crippen molar-refractivity contribution in [3.8, 4) is 0 Å². The maximum absolute atomic E-state index is 13.4. The maximum Gasteiger partial charge on any atom is 0.273 e. The van der Waals surface area contributed by atoms with Crippen LogP contribution in [0.2, 0.25) is 0 Å². The number of hydrogen-bond donors (Lipinski definition) is 2. The smallest absolute Gasteiger partial charge is 0.273 e. The molecule has 2 aliphatic rings. The first kappa shape index (κ1) is 18.5. The van der Waals surface area contributed by atoms with Gasteiger partial charge in [-0.3, -0.25) is 9.59 Å². The van der Waals surface area contributed by atoms with Crippen LogP contribution in [0.25, 0.3) is 10.9 Å². The van der Waals surface area contributed by atoms with E-state index in [1.165, 1.54) is 0 Å². The molecule has 0 radical (unpaired) electrons. The maximum atomic E-state index is 13.4. The second-order valence-corrected chi connectivity index (χ2v) is 8.11. The van der Waals surface area contributed by atoms with Crippen LogP contribution in [0, 0.1) is 0 Å². The highest BCUT2D eigenvalue weighted by Crippen LogP contribution is 2.44. The third-order valence-corrected chi connectivity index (χ3v) is 6.47. The van der Waals surface area contributed by atoms with Gasteiger partial charge in [0.1, 0.15) is 5.69 Å². The zero-order valence-corrected chi connectivity index (χ0v) is 16.8. The number of likely N-dealkylation sites (N-methyl/N-ethyl adjacent to an activating group) is 1. The Morgan fingerprint density at radius 1 is 1.07 bits per heavy atom. The number of aromatic nitrogens is 2. The van der Waals surface area contributed by atoms with Gasteiger partial charge in [-0.25, -0.2) is 9.97 Å². The van der Waals surface area contributed by atoms with Crippen molar-refractivity contribution in [2.24, 2.45) is 0 Å². The van der Waals surface area contributed by atoms with E-state index >= 15 is 0 Å². The molecular weight excluding hydrogens is 378 g/mol. The van der Waals surface area contributed by atoms with Crippen molar-refractivity contribution >= 4 is 28.7 Å². The van der Waals surface area contributed by atoms with Crippen LogP contribution in [-0.4, -0.2) is 33.7 Å². The van der Waals surface area contributed by atoms with Crippen LogP contribution in [0.1, 0.15) is 46.4 Å². The summed E-state index contributed by atoms with van der Waals surface area (Å²) in [6.45, 7) is 1.09. The lowest BCUT2D eigenvalue weighted by Crippen LogP contribution is -2.48. The molecule has 0 bridgehead atoms. The molecule has 30 heavy (non-hydrogen) atoms. The van der Waals surface area contributed by atoms with Gasteiger partial charge in [-0.05, 0) is 41.7 Å². The topological polar surface area (TPSA) is 101 Å². The van der Waals surface area contributed by atoms with E-state index < -0.39 is 5.41 Å². The molecule has 5 rings (SSSR count). The number of carbonyl (C=O) groups excluding carboxylic acids is 2. The highest BCUT2D eigenvalue weighted by atomic mass is 16.2. The summed E-state index contributed by atoms with van der Waals surface area (Å²) in [4.78, 5) is 36.4. The average Bonchev–Trinajstić information content (AvgIpc) is 3.16. The number of nitrogen functional groups attached to an aromatic ring is 1. The van der Waals surface area contributed by atoms with Crippen molar-refractivity contribution in [2.45, 2.75) is 37.8 Å². The Morgan fingerprint density at radius 2 is 1.77 bits per heavy atom. The van der Waals surface area contributed by atoms with E-state index in [4.69, 9.17) is 5.73 Å². The van der Waals surface area contributed by atoms with Crippen LogP contribution in [0.5, 0.6) is 0 Å². The lowest BCUT2D eigenvalue weighted by molar-refractivity contribution is -0.129. The summed E-state index contributed by atoms with van der Waals surface area (Å²) in [5, 5.41) is 3.43. The Kier molecular flexibility index (Phi) is 4.20. The Bertz CT molecular complexity index is 1160. The second kappa shape index (κ2) is 6.79. The molecule has 2 amide bonds. The van der Waals surface area contributed by atoms with Crippen molar-refractivity contribution < 1.29 is 9.59 Å². The molecule has 0 atom stereocenters. The number of carbonyl (C=O) groups is 2. The van der Waals surface area contributed by atoms with Gasteiger partial charge in [-0.15, -0.1) is 0 Å². The summed E-state index contributed by atoms with van der Waals surface area (Å²) in [6.07, 6.45) is 2.58. The number of nitrogens with one attached hydrogen (secondary N) is 1. The summed E-state index contributed by atoms with van der Waals surface area (Å²) in [6, 6.07) is 13.7. The zero-order chi connectivity index (χ0) is 20.9. The molecule has 3 N–H and O–H groups in total. The first-order chi connectivity index (χ1) is 14.5. The lowest BCUT2D eigenvalue weighted by Gasteiger charge is -2.40. The van der Waals surface area contributed by atoms with Crippen molar-refractivity contribution in [2.75, 3.05) is 12.8 Å². The summed E-state index contributed by atoms with van der Waals surface area (Å²) < 4.78 is 0. The van der Waals surface area contributed by atoms with Crippen LogP contribution in [0.15, 0.2) is 42.5 Å². The SMILES string of the molecule is CNC(=O)C1(c2ccc3nc(N)nc(C(=O)N4Cc5ccccc5C4)c3c2)CCC1. The molecule has 1 fully saturated rings. The molecule has 0 spiro atoms. The van der Waals surface area contributed by atoms with E-state index in [0.29, 0.717) is 29.7 Å². The van der Waals surface area contributed by atoms with Gasteiger partial charge >= 0.3 is 0 Å². The molecule has 7 heteroatoms. The highest BCUT2D eigenvalue weighted by molar-refractivity contribution is 6.05. The second-order valence-electron chi connectivity index (χ2n) is 8.11. The number of nitrogens with two attached hydrogens (primary N) is 1. The first-order valence-corrected chi connectivity index (χ1v) is 10.2. The van der Waals surface area contributed by atoms with Gasteiger partial charge in [0.05, 0.1) is 10.9 Å². The summed E-state index contributed by atoms with van der Waals surface area (Å²) in [7, 11) is 1.66. The van der Waals surface area contributed by atoms with Crippen LogP contribution in [-0.2, 0) is 23.3 Å². The Balaban J connectivity index is 1.58. The Hall–Kier alpha value is -3.48. The number of anilines is 1. The number of amides is 2. The molecule has 0 saturated heterocycles. The van der Waals surface area contributed by atoms with Crippen LogP contribution < -0.4 is 11.1 Å². The Labute approximate surface area is 174 Å². The van der Waals surface area contributed by atoms with Crippen molar-refractivity contribution in [1.29, 1.82) is 0 Å². The molecule has 1 saturated carbocycles. The van der Waals surface area contributed by atoms with Gasteiger partial charge in [-0.1, -0.05) is 36.8 Å². The van der Waals surface area contributed by atoms with Crippen LogP contribution in [0.3, 0.4) is 0 Å². The number of nitrogens with zero attached hydrogens (tertiary/aromatic N) is 3. The molecule has 3 aromatic rings. The van der Waals surface area contributed by atoms with Gasteiger partial charge in [0.2, 0.25) is 11.9 Å². The van der Waals surface area contributed by atoms with Crippen LogP contribution in [0.4, 0.5) is 5.95 Å². The van der Waals surface area contributed by atoms with Crippen LogP contribution >= 0.6 is 0 Å². The van der Waals surface area contributed by atoms with E-state index in [0.717, 1.165) is 36.0 Å². The van der Waals surface area contributed by atoms with Gasteiger partial charge in [0.25, 0.3) is 5.91 Å². The zero-order valence-electron chi connectivity index (χ0n) is 16.8. The largest absolute Gasteiger partial charge is 0.368 e. The van der Waals surface area contributed by atoms with Gasteiger partial charge < -0.3 is 16.0 Å². The normalized spacial score (nSPS) is 16.8. The minimum absolute atomic E-state index is 0.00679. The van der Waals surface area contributed by atoms with Gasteiger partial charge in [0.15, 0.2) is 0 Å². The fourth-order valence-corrected chi connectivity index (χ4v) is 4.65. The van der Waals surface area contributed by atoms with Gasteiger partial charge in [0, 0.05) is 25.5 Å². The molecule has 0 unspecified atom stereocenters. The summed E-state index contributed by atoms with van der Waals surface area (Å²) in [5.74, 6) is -0.0997. The minimum Gasteiger partial charge on any atom is -0.368 e. The third kappa shape index (κ3) is 2.73. The fraction of sp³-hybridized carbons (Fsp3) is 0.304. The predicted octanol–water partition coefficient (Wildman–Crippen LogP) is 2.54. The first-order valence-electron chi connectivity index (χ1n) is 10.2. The monoisotopic (exact) mass is 401 g/mol. The van der Waals surface area contributed by atoms with E-state index in [2.05, 4.69) is 15.3 Å². The highest BCUT2D eigenvalue weighted by Gasteiger charge is 2.45. The standard InChI is InChI=1S/C23H23N5O2/c1-25-21(30)23(9-4-10-23)16-7-8-18-17(11-16)19(27-22(24)26-18)20(29)28-12-14-5-2-3-6-15(14)13-28/h2-3,5-8,11H,4,9-10,12-13H2,1H3,(H,25,30)(H2,24,26,27). The van der Waals surface area contributed by atoms with Crippen molar-refractivity contribution in [3.05, 3.63) is 64.8 Å². The van der Waals surface area contributed by atoms with E-state index in [9.17, 15) is 9.59 Å². The number of hydrogen-bond acceptors (Lipinski definition) is 5. The van der Waals surface area contributed by atoms with E-state index in [-0.39, 0.29) is 17.8 Å². The minimum atomic E-state index is -0.547. The molecule has 1 aromatic heterocycles. The molecular formula is C23H23N5O2. The van der Waals surface area contributed by atoms with Crippen molar-refractivity contribution in [3.63, 3.8) is 0 Å². The number of fused-ring (bicyclic) bond motifs is 2. The number of benzene rings is 2. The van der Waals surface area contributed by atoms with Gasteiger partial charge in [-0.2, -0.15) is 0 Å². The van der Waals surface area contributed by atoms with E-state index in [1.807, 2.05) is 42.5 Å². The molecule has 7 nitrogen and oxygen atoms in total. The number of rotatable bonds is 3. The third-order valence-electron chi connectivity index (χ3n) is 6.47.